The lowest BCUT2D eigenvalue weighted by molar-refractivity contribution is -0.137. The smallest absolute Gasteiger partial charge is 0.416 e. The Bertz CT molecular complexity index is 612. The van der Waals surface area contributed by atoms with Crippen LogP contribution in [0.3, 0.4) is 0 Å². The van der Waals surface area contributed by atoms with Gasteiger partial charge in [0.15, 0.2) is 0 Å². The first kappa shape index (κ1) is 20.6. The van der Waals surface area contributed by atoms with Gasteiger partial charge >= 0.3 is 18.4 Å². The number of nitrogens with one attached hydrogen (secondary N) is 2. The van der Waals surface area contributed by atoms with Gasteiger partial charge in [-0.25, -0.2) is 9.59 Å². The number of amides is 2. The van der Waals surface area contributed by atoms with Gasteiger partial charge in [0.25, 0.3) is 0 Å². The van der Waals surface area contributed by atoms with Crippen molar-refractivity contribution >= 4 is 12.2 Å². The van der Waals surface area contributed by atoms with Crippen molar-refractivity contribution in [2.24, 2.45) is 0 Å². The predicted octanol–water partition coefficient (Wildman–Crippen LogP) is 3.63. The molecule has 1 atom stereocenters. The summed E-state index contributed by atoms with van der Waals surface area (Å²) in [6, 6.07) is 3.52. The van der Waals surface area contributed by atoms with Gasteiger partial charge < -0.3 is 20.1 Å². The SMILES string of the molecule is COC(=O)NCC(NC(=O)OC(C)(C)C)c1cccc(C(F)(F)F)c1. The number of alkyl carbamates (subject to hydrolysis) is 2. The molecule has 1 aromatic carbocycles. The summed E-state index contributed by atoms with van der Waals surface area (Å²) < 4.78 is 48.2. The molecule has 1 rings (SSSR count). The molecule has 0 aromatic heterocycles. The summed E-state index contributed by atoms with van der Waals surface area (Å²) in [5.41, 5.74) is -1.48. The lowest BCUT2D eigenvalue weighted by Gasteiger charge is -2.24. The van der Waals surface area contributed by atoms with Crippen molar-refractivity contribution in [3.05, 3.63) is 35.4 Å². The number of carbonyl (C=O) groups excluding carboxylic acids is 2. The highest BCUT2D eigenvalue weighted by atomic mass is 19.4. The van der Waals surface area contributed by atoms with E-state index in [9.17, 15) is 22.8 Å². The Labute approximate surface area is 143 Å². The summed E-state index contributed by atoms with van der Waals surface area (Å²) in [5.74, 6) is 0. The van der Waals surface area contributed by atoms with Gasteiger partial charge in [-0.1, -0.05) is 12.1 Å². The molecule has 25 heavy (non-hydrogen) atoms. The second kappa shape index (κ2) is 8.09. The second-order valence-electron chi connectivity index (χ2n) is 6.19. The maximum absolute atomic E-state index is 12.9. The third kappa shape index (κ3) is 7.32. The molecule has 0 bridgehead atoms. The Hall–Kier alpha value is -2.45. The molecule has 1 unspecified atom stereocenters. The number of hydrogen-bond acceptors (Lipinski definition) is 4. The molecule has 1 aromatic rings. The van der Waals surface area contributed by atoms with Crippen LogP contribution in [0.1, 0.15) is 37.9 Å². The van der Waals surface area contributed by atoms with Crippen LogP contribution in [0.4, 0.5) is 22.8 Å². The van der Waals surface area contributed by atoms with Gasteiger partial charge in [0.1, 0.15) is 5.60 Å². The normalized spacial score (nSPS) is 12.9. The maximum Gasteiger partial charge on any atom is 0.416 e. The van der Waals surface area contributed by atoms with Crippen molar-refractivity contribution in [1.82, 2.24) is 10.6 Å². The molecule has 0 heterocycles. The second-order valence-corrected chi connectivity index (χ2v) is 6.19. The van der Waals surface area contributed by atoms with Gasteiger partial charge in [-0.15, -0.1) is 0 Å². The van der Waals surface area contributed by atoms with Gasteiger partial charge in [-0.3, -0.25) is 0 Å². The topological polar surface area (TPSA) is 76.7 Å². The first-order valence-corrected chi connectivity index (χ1v) is 7.41. The summed E-state index contributed by atoms with van der Waals surface area (Å²) in [7, 11) is 1.15. The Morgan fingerprint density at radius 1 is 1.16 bits per heavy atom. The molecule has 6 nitrogen and oxygen atoms in total. The summed E-state index contributed by atoms with van der Waals surface area (Å²) in [4.78, 5) is 23.2. The molecule has 0 saturated heterocycles. The number of methoxy groups -OCH3 is 1. The van der Waals surface area contributed by atoms with E-state index < -0.39 is 35.6 Å². The van der Waals surface area contributed by atoms with E-state index in [4.69, 9.17) is 4.74 Å². The molecule has 0 fully saturated rings. The lowest BCUT2D eigenvalue weighted by atomic mass is 10.0. The third-order valence-corrected chi connectivity index (χ3v) is 2.94. The fraction of sp³-hybridized carbons (Fsp3) is 0.500. The van der Waals surface area contributed by atoms with Gasteiger partial charge in [-0.05, 0) is 38.5 Å². The van der Waals surface area contributed by atoms with Crippen LogP contribution in [0.25, 0.3) is 0 Å². The van der Waals surface area contributed by atoms with E-state index in [-0.39, 0.29) is 12.1 Å². The molecule has 9 heteroatoms. The minimum Gasteiger partial charge on any atom is -0.453 e. The van der Waals surface area contributed by atoms with Crippen molar-refractivity contribution in [3.8, 4) is 0 Å². The van der Waals surface area contributed by atoms with E-state index in [1.165, 1.54) is 12.1 Å². The number of halogens is 3. The number of hydrogen-bond donors (Lipinski definition) is 2. The Morgan fingerprint density at radius 2 is 1.80 bits per heavy atom. The minimum atomic E-state index is -4.53. The Morgan fingerprint density at radius 3 is 2.32 bits per heavy atom. The molecule has 0 saturated carbocycles. The molecule has 0 aliphatic rings. The van der Waals surface area contributed by atoms with E-state index in [1.807, 2.05) is 0 Å². The zero-order valence-corrected chi connectivity index (χ0v) is 14.4. The van der Waals surface area contributed by atoms with Crippen molar-refractivity contribution in [2.45, 2.75) is 38.6 Å². The molecule has 0 radical (unpaired) electrons. The van der Waals surface area contributed by atoms with Crippen LogP contribution in [-0.4, -0.2) is 31.4 Å². The average Bonchev–Trinajstić information content (AvgIpc) is 2.48. The number of benzene rings is 1. The summed E-state index contributed by atoms with van der Waals surface area (Å²) in [6.07, 6.45) is -6.12. The molecule has 0 spiro atoms. The fourth-order valence-corrected chi connectivity index (χ4v) is 1.89. The molecule has 2 N–H and O–H groups in total. The Kier molecular flexibility index (Phi) is 6.66. The number of rotatable bonds is 4. The fourth-order valence-electron chi connectivity index (χ4n) is 1.89. The van der Waals surface area contributed by atoms with Crippen molar-refractivity contribution in [1.29, 1.82) is 0 Å². The van der Waals surface area contributed by atoms with E-state index in [0.29, 0.717) is 0 Å². The summed E-state index contributed by atoms with van der Waals surface area (Å²) in [6.45, 7) is 4.78. The van der Waals surface area contributed by atoms with Crippen LogP contribution in [-0.2, 0) is 15.7 Å². The third-order valence-electron chi connectivity index (χ3n) is 2.94. The standard InChI is InChI=1S/C16H21F3N2O4/c1-15(2,3)25-14(23)21-12(9-20-13(22)24-4)10-6-5-7-11(8-10)16(17,18)19/h5-8,12H,9H2,1-4H3,(H,20,22)(H,21,23). The van der Waals surface area contributed by atoms with Gasteiger partial charge in [0, 0.05) is 6.54 Å². The average molecular weight is 362 g/mol. The van der Waals surface area contributed by atoms with E-state index in [2.05, 4.69) is 15.4 Å². The van der Waals surface area contributed by atoms with Crippen molar-refractivity contribution < 1.29 is 32.2 Å². The van der Waals surface area contributed by atoms with Crippen LogP contribution in [0.2, 0.25) is 0 Å². The first-order valence-electron chi connectivity index (χ1n) is 7.41. The largest absolute Gasteiger partial charge is 0.453 e. The molecule has 2 amide bonds. The summed E-state index contributed by atoms with van der Waals surface area (Å²) >= 11 is 0. The molecule has 0 aliphatic heterocycles. The minimum absolute atomic E-state index is 0.164. The lowest BCUT2D eigenvalue weighted by Crippen LogP contribution is -2.40. The van der Waals surface area contributed by atoms with E-state index >= 15 is 0 Å². The predicted molar refractivity (Wildman–Crippen MR) is 84.0 cm³/mol. The molecular weight excluding hydrogens is 341 g/mol. The highest BCUT2D eigenvalue weighted by Crippen LogP contribution is 2.30. The quantitative estimate of drug-likeness (QED) is 0.858. The van der Waals surface area contributed by atoms with Crippen LogP contribution in [0.5, 0.6) is 0 Å². The zero-order valence-electron chi connectivity index (χ0n) is 14.4. The zero-order chi connectivity index (χ0) is 19.3. The monoisotopic (exact) mass is 362 g/mol. The van der Waals surface area contributed by atoms with Crippen molar-refractivity contribution in [2.75, 3.05) is 13.7 Å². The molecule has 0 aliphatic carbocycles. The highest BCUT2D eigenvalue weighted by molar-refractivity contribution is 5.69. The summed E-state index contributed by atoms with van der Waals surface area (Å²) in [5, 5.41) is 4.79. The van der Waals surface area contributed by atoms with Crippen LogP contribution in [0.15, 0.2) is 24.3 Å². The molecular formula is C16H21F3N2O4. The maximum atomic E-state index is 12.9. The van der Waals surface area contributed by atoms with Gasteiger partial charge in [0.2, 0.25) is 0 Å². The van der Waals surface area contributed by atoms with Crippen LogP contribution < -0.4 is 10.6 Å². The van der Waals surface area contributed by atoms with Crippen molar-refractivity contribution in [3.63, 3.8) is 0 Å². The Balaban J connectivity index is 3.01. The van der Waals surface area contributed by atoms with Gasteiger partial charge in [0.05, 0.1) is 18.7 Å². The van der Waals surface area contributed by atoms with Gasteiger partial charge in [-0.2, -0.15) is 13.2 Å². The molecule has 140 valence electrons. The van der Waals surface area contributed by atoms with E-state index in [1.54, 1.807) is 20.8 Å². The van der Waals surface area contributed by atoms with Crippen LogP contribution in [0, 0.1) is 0 Å². The van der Waals surface area contributed by atoms with E-state index in [0.717, 1.165) is 19.2 Å². The number of alkyl halides is 3. The first-order chi connectivity index (χ1) is 11.4. The number of carbonyl (C=O) groups is 2. The highest BCUT2D eigenvalue weighted by Gasteiger charge is 2.31. The number of ether oxygens (including phenoxy) is 2. The van der Waals surface area contributed by atoms with Crippen LogP contribution >= 0.6 is 0 Å².